The average Bonchev–Trinajstić information content (AvgIpc) is 3.04. The molecule has 1 aromatic carbocycles. The Labute approximate surface area is 194 Å². The van der Waals surface area contributed by atoms with Gasteiger partial charge in [0.05, 0.1) is 0 Å². The molecule has 176 valence electrons. The van der Waals surface area contributed by atoms with Crippen LogP contribution in [0, 0.1) is 5.41 Å². The van der Waals surface area contributed by atoms with E-state index in [-0.39, 0.29) is 11.0 Å². The average molecular weight is 454 g/mol. The van der Waals surface area contributed by atoms with E-state index in [0.717, 1.165) is 81.3 Å². The fourth-order valence-electron chi connectivity index (χ4n) is 5.65. The predicted molar refractivity (Wildman–Crippen MR) is 128 cm³/mol. The van der Waals surface area contributed by atoms with Crippen LogP contribution in [0.2, 0.25) is 0 Å². The number of rotatable bonds is 6. The largest absolute Gasteiger partial charge is 0.358 e. The minimum absolute atomic E-state index is 0.0955. The zero-order valence-electron chi connectivity index (χ0n) is 19.6. The molecule has 0 bridgehead atoms. The van der Waals surface area contributed by atoms with Crippen molar-refractivity contribution < 1.29 is 8.78 Å². The number of nitrogens with zero attached hydrogens (tertiary/aromatic N) is 4. The summed E-state index contributed by atoms with van der Waals surface area (Å²) in [5.74, 6) is 0.833. The number of anilines is 2. The Morgan fingerprint density at radius 2 is 1.82 bits per heavy atom. The molecule has 0 amide bonds. The van der Waals surface area contributed by atoms with Gasteiger partial charge in [-0.25, -0.2) is 18.7 Å². The van der Waals surface area contributed by atoms with E-state index >= 15 is 0 Å². The summed E-state index contributed by atoms with van der Waals surface area (Å²) in [5, 5.41) is 3.35. The number of benzene rings is 1. The second-order valence-electron chi connectivity index (χ2n) is 10.6. The first-order valence-corrected chi connectivity index (χ1v) is 11.9. The van der Waals surface area contributed by atoms with Crippen molar-refractivity contribution in [2.75, 3.05) is 42.9 Å². The monoisotopic (exact) mass is 453 g/mol. The van der Waals surface area contributed by atoms with E-state index in [2.05, 4.69) is 45.5 Å². The van der Waals surface area contributed by atoms with Crippen molar-refractivity contribution in [2.45, 2.75) is 51.4 Å². The van der Waals surface area contributed by atoms with E-state index in [9.17, 15) is 8.78 Å². The molecular weight excluding hydrogens is 420 g/mol. The molecule has 5 rings (SSSR count). The fraction of sp³-hybridized carbons (Fsp3) is 0.538. The summed E-state index contributed by atoms with van der Waals surface area (Å²) in [6.07, 6.45) is 5.30. The van der Waals surface area contributed by atoms with Crippen LogP contribution in [0.15, 0.2) is 42.9 Å². The number of nitrogens with one attached hydrogen (secondary N) is 1. The van der Waals surface area contributed by atoms with Crippen LogP contribution in [-0.4, -0.2) is 47.6 Å². The maximum atomic E-state index is 13.3. The Hall–Kier alpha value is -2.54. The van der Waals surface area contributed by atoms with Crippen molar-refractivity contribution in [1.82, 2.24) is 14.9 Å². The van der Waals surface area contributed by atoms with E-state index in [1.54, 1.807) is 12.1 Å². The SMILES string of the molecule is C=C1Nc2ccc(C(F)F)cc2C12CCN(CCCc1cnc(N3CC(C)(C)C3)nc1)CC2. The standard InChI is InChI=1S/C26H33F2N5/c1-18-26(21-13-20(23(27)28)6-7-22(21)31-18)8-11-32(12-9-26)10-4-5-19-14-29-24(30-15-19)33-16-25(2,3)17-33/h6-7,13-15,23,31H,1,4-5,8-12,16-17H2,2-3H3. The Balaban J connectivity index is 1.13. The summed E-state index contributed by atoms with van der Waals surface area (Å²) in [6, 6.07) is 4.98. The van der Waals surface area contributed by atoms with Crippen molar-refractivity contribution in [3.8, 4) is 0 Å². The van der Waals surface area contributed by atoms with Crippen molar-refractivity contribution in [1.29, 1.82) is 0 Å². The van der Waals surface area contributed by atoms with Gasteiger partial charge in [0.15, 0.2) is 0 Å². The maximum absolute atomic E-state index is 13.3. The van der Waals surface area contributed by atoms with Gasteiger partial charge < -0.3 is 15.1 Å². The lowest BCUT2D eigenvalue weighted by Gasteiger charge is -2.45. The first-order chi connectivity index (χ1) is 15.8. The predicted octanol–water partition coefficient (Wildman–Crippen LogP) is 5.17. The van der Waals surface area contributed by atoms with E-state index < -0.39 is 6.43 Å². The summed E-state index contributed by atoms with van der Waals surface area (Å²) in [6.45, 7) is 13.7. The lowest BCUT2D eigenvalue weighted by atomic mass is 9.72. The van der Waals surface area contributed by atoms with Crippen LogP contribution >= 0.6 is 0 Å². The van der Waals surface area contributed by atoms with Gasteiger partial charge in [-0.3, -0.25) is 0 Å². The van der Waals surface area contributed by atoms with E-state index in [1.807, 2.05) is 12.4 Å². The maximum Gasteiger partial charge on any atom is 0.263 e. The number of piperidine rings is 1. The summed E-state index contributed by atoms with van der Waals surface area (Å²) in [7, 11) is 0. The third-order valence-corrected chi connectivity index (χ3v) is 7.54. The molecule has 2 fully saturated rings. The highest BCUT2D eigenvalue weighted by Crippen LogP contribution is 2.50. The number of allylic oxidation sites excluding steroid dienone is 1. The molecule has 4 heterocycles. The third kappa shape index (κ3) is 4.23. The molecule has 0 saturated carbocycles. The van der Waals surface area contributed by atoms with Crippen LogP contribution in [0.5, 0.6) is 0 Å². The Bertz CT molecular complexity index is 1020. The Morgan fingerprint density at radius 1 is 1.12 bits per heavy atom. The van der Waals surface area contributed by atoms with Crippen molar-refractivity contribution in [3.63, 3.8) is 0 Å². The van der Waals surface area contributed by atoms with Gasteiger partial charge in [-0.1, -0.05) is 26.5 Å². The van der Waals surface area contributed by atoms with Crippen LogP contribution in [0.4, 0.5) is 20.4 Å². The molecule has 1 N–H and O–H groups in total. The minimum atomic E-state index is -2.45. The number of alkyl halides is 2. The number of aryl methyl sites for hydroxylation is 1. The summed E-state index contributed by atoms with van der Waals surface area (Å²) in [5.41, 5.74) is 4.28. The van der Waals surface area contributed by atoms with Crippen LogP contribution in [0.1, 0.15) is 56.2 Å². The summed E-state index contributed by atoms with van der Waals surface area (Å²) in [4.78, 5) is 13.8. The highest BCUT2D eigenvalue weighted by molar-refractivity contribution is 5.69. The Morgan fingerprint density at radius 3 is 2.45 bits per heavy atom. The van der Waals surface area contributed by atoms with Gasteiger partial charge in [0.25, 0.3) is 6.43 Å². The summed E-state index contributed by atoms with van der Waals surface area (Å²) < 4.78 is 26.6. The molecule has 1 spiro atoms. The lowest BCUT2D eigenvalue weighted by molar-refractivity contribution is 0.150. The van der Waals surface area contributed by atoms with Crippen molar-refractivity contribution in [3.05, 3.63) is 59.6 Å². The van der Waals surface area contributed by atoms with Gasteiger partial charge >= 0.3 is 0 Å². The molecular formula is C26H33F2N5. The van der Waals surface area contributed by atoms with Gasteiger partial charge in [-0.15, -0.1) is 0 Å². The molecule has 3 aliphatic heterocycles. The zero-order chi connectivity index (χ0) is 23.2. The van der Waals surface area contributed by atoms with Crippen LogP contribution in [-0.2, 0) is 11.8 Å². The van der Waals surface area contributed by atoms with Gasteiger partial charge in [0.1, 0.15) is 0 Å². The van der Waals surface area contributed by atoms with Crippen molar-refractivity contribution in [2.24, 2.45) is 5.41 Å². The molecule has 0 atom stereocenters. The summed E-state index contributed by atoms with van der Waals surface area (Å²) >= 11 is 0. The molecule has 33 heavy (non-hydrogen) atoms. The molecule has 2 saturated heterocycles. The van der Waals surface area contributed by atoms with Gasteiger partial charge in [-0.2, -0.15) is 0 Å². The van der Waals surface area contributed by atoms with Gasteiger partial charge in [-0.05, 0) is 74.0 Å². The van der Waals surface area contributed by atoms with Crippen molar-refractivity contribution >= 4 is 11.6 Å². The molecule has 1 aromatic heterocycles. The smallest absolute Gasteiger partial charge is 0.263 e. The molecule has 0 radical (unpaired) electrons. The van der Waals surface area contributed by atoms with E-state index in [4.69, 9.17) is 0 Å². The highest BCUT2D eigenvalue weighted by Gasteiger charge is 2.44. The number of aromatic nitrogens is 2. The highest BCUT2D eigenvalue weighted by atomic mass is 19.3. The number of fused-ring (bicyclic) bond motifs is 2. The molecule has 0 aliphatic carbocycles. The normalized spacial score (nSPS) is 21.2. The second-order valence-corrected chi connectivity index (χ2v) is 10.6. The number of hydrogen-bond acceptors (Lipinski definition) is 5. The lowest BCUT2D eigenvalue weighted by Crippen LogP contribution is -2.53. The minimum Gasteiger partial charge on any atom is -0.358 e. The number of likely N-dealkylation sites (tertiary alicyclic amines) is 1. The number of halogens is 2. The van der Waals surface area contributed by atoms with Crippen LogP contribution in [0.25, 0.3) is 0 Å². The van der Waals surface area contributed by atoms with Gasteiger partial charge in [0, 0.05) is 47.8 Å². The molecule has 0 unspecified atom stereocenters. The zero-order valence-corrected chi connectivity index (χ0v) is 19.6. The quantitative estimate of drug-likeness (QED) is 0.654. The third-order valence-electron chi connectivity index (χ3n) is 7.54. The Kier molecular flexibility index (Phi) is 5.63. The molecule has 5 nitrogen and oxygen atoms in total. The van der Waals surface area contributed by atoms with Gasteiger partial charge in [0.2, 0.25) is 5.95 Å². The van der Waals surface area contributed by atoms with E-state index in [0.29, 0.717) is 5.41 Å². The van der Waals surface area contributed by atoms with E-state index in [1.165, 1.54) is 11.6 Å². The first-order valence-electron chi connectivity index (χ1n) is 11.9. The molecule has 7 heteroatoms. The topological polar surface area (TPSA) is 44.3 Å². The fourth-order valence-corrected chi connectivity index (χ4v) is 5.65. The van der Waals surface area contributed by atoms with Crippen LogP contribution in [0.3, 0.4) is 0 Å². The molecule has 2 aromatic rings. The number of hydrogen-bond donors (Lipinski definition) is 1. The second kappa shape index (κ2) is 8.35. The first kappa shape index (κ1) is 22.3. The molecule has 3 aliphatic rings. The van der Waals surface area contributed by atoms with Crippen LogP contribution < -0.4 is 10.2 Å².